The second-order valence-electron chi connectivity index (χ2n) is 6.18. The van der Waals surface area contributed by atoms with Gasteiger partial charge in [0.1, 0.15) is 11.6 Å². The van der Waals surface area contributed by atoms with Crippen LogP contribution in [0.3, 0.4) is 0 Å². The fraction of sp³-hybridized carbons (Fsp3) is 0.500. The first-order chi connectivity index (χ1) is 9.30. The van der Waals surface area contributed by atoms with Gasteiger partial charge in [-0.3, -0.25) is 9.59 Å². The Morgan fingerprint density at radius 2 is 1.90 bits per heavy atom. The van der Waals surface area contributed by atoms with Crippen LogP contribution in [0.2, 0.25) is 0 Å². The minimum absolute atomic E-state index is 0.0612. The molecule has 0 saturated heterocycles. The number of halogens is 1. The number of hydrogen-bond acceptors (Lipinski definition) is 2. The highest BCUT2D eigenvalue weighted by Crippen LogP contribution is 2.53. The van der Waals surface area contributed by atoms with Gasteiger partial charge in [0, 0.05) is 18.0 Å². The van der Waals surface area contributed by atoms with Gasteiger partial charge in [0.2, 0.25) is 5.91 Å². The SMILES string of the molecule is CC(=O)C1CC(CC(=O)Nc2ccc(F)cc2)C1(C)C. The summed E-state index contributed by atoms with van der Waals surface area (Å²) in [6.45, 7) is 5.69. The standard InChI is InChI=1S/C16H20FNO2/c1-10(19)14-8-11(16(14,2)3)9-15(20)18-13-6-4-12(17)5-7-13/h4-7,11,14H,8-9H2,1-3H3,(H,18,20). The molecular weight excluding hydrogens is 257 g/mol. The zero-order valence-corrected chi connectivity index (χ0v) is 12.1. The van der Waals surface area contributed by atoms with Gasteiger partial charge in [-0.05, 0) is 48.9 Å². The summed E-state index contributed by atoms with van der Waals surface area (Å²) in [5.74, 6) is 0.0669. The number of nitrogens with one attached hydrogen (secondary N) is 1. The van der Waals surface area contributed by atoms with Crippen LogP contribution in [0.25, 0.3) is 0 Å². The molecule has 1 aromatic rings. The van der Waals surface area contributed by atoms with E-state index in [4.69, 9.17) is 0 Å². The molecule has 1 saturated carbocycles. The van der Waals surface area contributed by atoms with E-state index in [1.807, 2.05) is 13.8 Å². The van der Waals surface area contributed by atoms with E-state index in [9.17, 15) is 14.0 Å². The summed E-state index contributed by atoms with van der Waals surface area (Å²) in [6, 6.07) is 5.71. The van der Waals surface area contributed by atoms with E-state index >= 15 is 0 Å². The molecule has 1 fully saturated rings. The molecular formula is C16H20FNO2. The molecule has 0 aliphatic heterocycles. The third-order valence-electron chi connectivity index (χ3n) is 4.52. The second-order valence-corrected chi connectivity index (χ2v) is 6.18. The van der Waals surface area contributed by atoms with Crippen molar-refractivity contribution >= 4 is 17.4 Å². The number of carbonyl (C=O) groups is 2. The molecule has 1 N–H and O–H groups in total. The number of hydrogen-bond donors (Lipinski definition) is 1. The minimum atomic E-state index is -0.326. The fourth-order valence-corrected chi connectivity index (χ4v) is 3.02. The molecule has 1 aliphatic rings. The summed E-state index contributed by atoms with van der Waals surface area (Å²) in [5, 5.41) is 2.76. The first-order valence-corrected chi connectivity index (χ1v) is 6.86. The number of ketones is 1. The van der Waals surface area contributed by atoms with E-state index in [-0.39, 0.29) is 34.8 Å². The highest BCUT2D eigenvalue weighted by Gasteiger charge is 2.50. The van der Waals surface area contributed by atoms with Gasteiger partial charge in [-0.25, -0.2) is 4.39 Å². The van der Waals surface area contributed by atoms with E-state index in [1.54, 1.807) is 6.92 Å². The number of Topliss-reactive ketones (excluding diaryl/α,β-unsaturated/α-hetero) is 1. The Balaban J connectivity index is 1.90. The third-order valence-corrected chi connectivity index (χ3v) is 4.52. The lowest BCUT2D eigenvalue weighted by Gasteiger charge is -2.51. The van der Waals surface area contributed by atoms with Gasteiger partial charge in [0.25, 0.3) is 0 Å². The van der Waals surface area contributed by atoms with Gasteiger partial charge in [0.15, 0.2) is 0 Å². The van der Waals surface area contributed by atoms with Crippen molar-refractivity contribution in [2.75, 3.05) is 5.32 Å². The first-order valence-electron chi connectivity index (χ1n) is 6.86. The van der Waals surface area contributed by atoms with Crippen molar-refractivity contribution in [3.8, 4) is 0 Å². The molecule has 0 radical (unpaired) electrons. The van der Waals surface area contributed by atoms with Crippen molar-refractivity contribution in [3.05, 3.63) is 30.1 Å². The molecule has 20 heavy (non-hydrogen) atoms. The molecule has 1 aromatic carbocycles. The summed E-state index contributed by atoms with van der Waals surface area (Å²) < 4.78 is 12.8. The maximum Gasteiger partial charge on any atom is 0.224 e. The van der Waals surface area contributed by atoms with Crippen LogP contribution < -0.4 is 5.32 Å². The van der Waals surface area contributed by atoms with E-state index < -0.39 is 0 Å². The molecule has 0 bridgehead atoms. The van der Waals surface area contributed by atoms with Crippen LogP contribution in [0, 0.1) is 23.1 Å². The maximum absolute atomic E-state index is 12.8. The Morgan fingerprint density at radius 1 is 1.30 bits per heavy atom. The molecule has 1 aliphatic carbocycles. The predicted octanol–water partition coefficient (Wildman–Crippen LogP) is 3.41. The molecule has 108 valence electrons. The van der Waals surface area contributed by atoms with Crippen LogP contribution in [-0.4, -0.2) is 11.7 Å². The van der Waals surface area contributed by atoms with Crippen molar-refractivity contribution in [2.24, 2.45) is 17.3 Å². The second kappa shape index (κ2) is 5.35. The lowest BCUT2D eigenvalue weighted by Crippen LogP contribution is -2.49. The molecule has 4 heteroatoms. The normalized spacial score (nSPS) is 23.8. The van der Waals surface area contributed by atoms with Gasteiger partial charge in [-0.15, -0.1) is 0 Å². The Labute approximate surface area is 118 Å². The number of carbonyl (C=O) groups excluding carboxylic acids is 2. The van der Waals surface area contributed by atoms with Crippen molar-refractivity contribution in [1.29, 1.82) is 0 Å². The van der Waals surface area contributed by atoms with Crippen LogP contribution in [0.15, 0.2) is 24.3 Å². The van der Waals surface area contributed by atoms with Gasteiger partial charge < -0.3 is 5.32 Å². The largest absolute Gasteiger partial charge is 0.326 e. The van der Waals surface area contributed by atoms with Gasteiger partial charge >= 0.3 is 0 Å². The lowest BCUT2D eigenvalue weighted by atomic mass is 9.52. The summed E-state index contributed by atoms with van der Waals surface area (Å²) in [6.07, 6.45) is 1.17. The topological polar surface area (TPSA) is 46.2 Å². The summed E-state index contributed by atoms with van der Waals surface area (Å²) in [7, 11) is 0. The highest BCUT2D eigenvalue weighted by atomic mass is 19.1. The van der Waals surface area contributed by atoms with Gasteiger partial charge in [0.05, 0.1) is 0 Å². The van der Waals surface area contributed by atoms with Crippen molar-refractivity contribution in [3.63, 3.8) is 0 Å². The van der Waals surface area contributed by atoms with E-state index in [0.29, 0.717) is 12.1 Å². The molecule has 0 aromatic heterocycles. The van der Waals surface area contributed by atoms with E-state index in [0.717, 1.165) is 6.42 Å². The first kappa shape index (κ1) is 14.7. The average molecular weight is 277 g/mol. The van der Waals surface area contributed by atoms with Crippen molar-refractivity contribution in [1.82, 2.24) is 0 Å². The molecule has 0 spiro atoms. The maximum atomic E-state index is 12.8. The fourth-order valence-electron chi connectivity index (χ4n) is 3.02. The number of rotatable bonds is 4. The Morgan fingerprint density at radius 3 is 2.40 bits per heavy atom. The van der Waals surface area contributed by atoms with Crippen LogP contribution >= 0.6 is 0 Å². The summed E-state index contributed by atoms with van der Waals surface area (Å²) in [5.41, 5.74) is 0.475. The molecule has 1 amide bonds. The predicted molar refractivity (Wildman–Crippen MR) is 75.7 cm³/mol. The lowest BCUT2D eigenvalue weighted by molar-refractivity contribution is -0.139. The number of benzene rings is 1. The monoisotopic (exact) mass is 277 g/mol. The van der Waals surface area contributed by atoms with Crippen molar-refractivity contribution < 1.29 is 14.0 Å². The summed E-state index contributed by atoms with van der Waals surface area (Å²) >= 11 is 0. The van der Waals surface area contributed by atoms with Crippen LogP contribution in [0.5, 0.6) is 0 Å². The minimum Gasteiger partial charge on any atom is -0.326 e. The molecule has 2 rings (SSSR count). The van der Waals surface area contributed by atoms with Crippen LogP contribution in [0.1, 0.15) is 33.6 Å². The van der Waals surface area contributed by atoms with Crippen LogP contribution in [-0.2, 0) is 9.59 Å². The molecule has 0 heterocycles. The zero-order chi connectivity index (χ0) is 14.9. The van der Waals surface area contributed by atoms with Gasteiger partial charge in [-0.1, -0.05) is 13.8 Å². The quantitative estimate of drug-likeness (QED) is 0.916. The van der Waals surface area contributed by atoms with Gasteiger partial charge in [-0.2, -0.15) is 0 Å². The molecule has 2 unspecified atom stereocenters. The number of amides is 1. The van der Waals surface area contributed by atoms with Crippen molar-refractivity contribution in [2.45, 2.75) is 33.6 Å². The van der Waals surface area contributed by atoms with Crippen LogP contribution in [0.4, 0.5) is 10.1 Å². The smallest absolute Gasteiger partial charge is 0.224 e. The number of anilines is 1. The third kappa shape index (κ3) is 2.89. The highest BCUT2D eigenvalue weighted by molar-refractivity contribution is 5.91. The Hall–Kier alpha value is -1.71. The van der Waals surface area contributed by atoms with E-state index in [1.165, 1.54) is 24.3 Å². The summed E-state index contributed by atoms with van der Waals surface area (Å²) in [4.78, 5) is 23.4. The average Bonchev–Trinajstić information content (AvgIpc) is 2.36. The molecule has 3 nitrogen and oxygen atoms in total. The van der Waals surface area contributed by atoms with E-state index in [2.05, 4.69) is 5.32 Å². The zero-order valence-electron chi connectivity index (χ0n) is 12.1. The molecule has 2 atom stereocenters. The Kier molecular flexibility index (Phi) is 3.93. The Bertz CT molecular complexity index is 522.